The van der Waals surface area contributed by atoms with Crippen LogP contribution in [0.3, 0.4) is 0 Å². The van der Waals surface area contributed by atoms with E-state index in [1.807, 2.05) is 13.8 Å². The summed E-state index contributed by atoms with van der Waals surface area (Å²) < 4.78 is 3.21. The third-order valence-electron chi connectivity index (χ3n) is 4.54. The molecule has 0 saturated heterocycles. The lowest BCUT2D eigenvalue weighted by Gasteiger charge is -2.14. The molecule has 0 bridgehead atoms. The number of Topliss-reactive ketones (excluding diaryl/α,β-unsaturated/α-hetero) is 1. The number of anilines is 1. The van der Waals surface area contributed by atoms with Crippen LogP contribution in [0.4, 0.5) is 5.82 Å². The number of ketones is 1. The number of aryl methyl sites for hydroxylation is 1. The average Bonchev–Trinajstić information content (AvgIpc) is 3.10. The van der Waals surface area contributed by atoms with Crippen LogP contribution in [0.25, 0.3) is 10.2 Å². The molecule has 0 aromatic carbocycles. The highest BCUT2D eigenvalue weighted by Gasteiger charge is 2.22. The molecule has 0 radical (unpaired) electrons. The first-order valence-electron chi connectivity index (χ1n) is 8.90. The standard InChI is InChI=1S/C18H21N5O4S/c1-4-6-23-14(19)13(17(26)21(3)18(23)27)12(24)8-22-9-20-15-11(16(22)25)7-10(5-2)28-15/h7,9H,4-6,8,19H2,1-3H3. The van der Waals surface area contributed by atoms with Gasteiger partial charge in [-0.3, -0.25) is 28.1 Å². The van der Waals surface area contributed by atoms with Crippen LogP contribution >= 0.6 is 11.3 Å². The van der Waals surface area contributed by atoms with Crippen molar-refractivity contribution in [1.82, 2.24) is 18.7 Å². The summed E-state index contributed by atoms with van der Waals surface area (Å²) in [5.74, 6) is -0.817. The van der Waals surface area contributed by atoms with E-state index in [2.05, 4.69) is 4.98 Å². The van der Waals surface area contributed by atoms with Gasteiger partial charge in [-0.05, 0) is 18.9 Å². The fourth-order valence-corrected chi connectivity index (χ4v) is 3.94. The molecule has 0 aliphatic rings. The summed E-state index contributed by atoms with van der Waals surface area (Å²) in [6.45, 7) is 3.73. The monoisotopic (exact) mass is 403 g/mol. The number of nitrogen functional groups attached to an aromatic ring is 1. The van der Waals surface area contributed by atoms with E-state index in [1.54, 1.807) is 6.07 Å². The topological polar surface area (TPSA) is 122 Å². The Morgan fingerprint density at radius 2 is 1.93 bits per heavy atom. The van der Waals surface area contributed by atoms with Crippen molar-refractivity contribution < 1.29 is 4.79 Å². The zero-order valence-corrected chi connectivity index (χ0v) is 16.7. The predicted molar refractivity (Wildman–Crippen MR) is 108 cm³/mol. The summed E-state index contributed by atoms with van der Waals surface area (Å²) in [6, 6.07) is 1.77. The van der Waals surface area contributed by atoms with Gasteiger partial charge in [0.1, 0.15) is 16.2 Å². The molecule has 0 atom stereocenters. The molecule has 0 spiro atoms. The first kappa shape index (κ1) is 19.7. The zero-order valence-electron chi connectivity index (χ0n) is 15.9. The highest BCUT2D eigenvalue weighted by atomic mass is 32.1. The Labute approximate surface area is 163 Å². The number of aromatic nitrogens is 4. The summed E-state index contributed by atoms with van der Waals surface area (Å²) in [5, 5.41) is 0.439. The van der Waals surface area contributed by atoms with Crippen molar-refractivity contribution in [2.75, 3.05) is 5.73 Å². The summed E-state index contributed by atoms with van der Waals surface area (Å²) in [5.41, 5.74) is 3.98. The molecule has 0 amide bonds. The van der Waals surface area contributed by atoms with Crippen molar-refractivity contribution in [3.8, 4) is 0 Å². The number of hydrogen-bond donors (Lipinski definition) is 1. The molecule has 3 aromatic rings. The van der Waals surface area contributed by atoms with Crippen LogP contribution in [-0.4, -0.2) is 24.5 Å². The van der Waals surface area contributed by atoms with Gasteiger partial charge in [-0.1, -0.05) is 13.8 Å². The molecule has 0 saturated carbocycles. The second-order valence-corrected chi connectivity index (χ2v) is 7.56. The van der Waals surface area contributed by atoms with Crippen LogP contribution in [0, 0.1) is 0 Å². The molecular weight excluding hydrogens is 382 g/mol. The Bertz CT molecular complexity index is 1250. The molecule has 0 aliphatic carbocycles. The van der Waals surface area contributed by atoms with E-state index in [1.165, 1.54) is 29.3 Å². The van der Waals surface area contributed by atoms with Gasteiger partial charge in [-0.2, -0.15) is 0 Å². The molecule has 148 valence electrons. The molecule has 0 aliphatic heterocycles. The minimum absolute atomic E-state index is 0.175. The average molecular weight is 403 g/mol. The lowest BCUT2D eigenvalue weighted by Crippen LogP contribution is -2.43. The number of carbonyl (C=O) groups excluding carboxylic acids is 1. The number of hydrogen-bond acceptors (Lipinski definition) is 7. The van der Waals surface area contributed by atoms with Crippen LogP contribution in [-0.2, 0) is 26.6 Å². The third kappa shape index (κ3) is 3.19. The molecule has 3 heterocycles. The first-order chi connectivity index (χ1) is 13.3. The fraction of sp³-hybridized carbons (Fsp3) is 0.389. The van der Waals surface area contributed by atoms with Crippen molar-refractivity contribution in [2.45, 2.75) is 39.8 Å². The maximum absolute atomic E-state index is 12.8. The van der Waals surface area contributed by atoms with Crippen molar-refractivity contribution in [3.05, 3.63) is 54.0 Å². The van der Waals surface area contributed by atoms with Gasteiger partial charge in [0.05, 0.1) is 18.3 Å². The third-order valence-corrected chi connectivity index (χ3v) is 5.73. The van der Waals surface area contributed by atoms with Crippen molar-refractivity contribution in [1.29, 1.82) is 0 Å². The SMILES string of the molecule is CCCn1c(N)c(C(=O)Cn2cnc3sc(CC)cc3c2=O)c(=O)n(C)c1=O. The molecule has 10 heteroatoms. The summed E-state index contributed by atoms with van der Waals surface area (Å²) in [4.78, 5) is 56.1. The van der Waals surface area contributed by atoms with Gasteiger partial charge in [-0.15, -0.1) is 11.3 Å². The maximum Gasteiger partial charge on any atom is 0.332 e. The normalized spacial score (nSPS) is 11.2. The minimum atomic E-state index is -0.772. The number of carbonyl (C=O) groups is 1. The van der Waals surface area contributed by atoms with Crippen molar-refractivity contribution in [2.24, 2.45) is 7.05 Å². The molecule has 0 unspecified atom stereocenters. The molecule has 3 rings (SSSR count). The van der Waals surface area contributed by atoms with Crippen molar-refractivity contribution in [3.63, 3.8) is 0 Å². The number of thiophene rings is 1. The lowest BCUT2D eigenvalue weighted by atomic mass is 10.2. The van der Waals surface area contributed by atoms with Crippen molar-refractivity contribution >= 4 is 33.2 Å². The van der Waals surface area contributed by atoms with Gasteiger partial charge in [0.2, 0.25) is 0 Å². The molecule has 0 fully saturated rings. The highest BCUT2D eigenvalue weighted by molar-refractivity contribution is 7.18. The predicted octanol–water partition coefficient (Wildman–Crippen LogP) is 0.756. The molecular formula is C18H21N5O4S. The number of rotatable bonds is 6. The van der Waals surface area contributed by atoms with E-state index in [-0.39, 0.29) is 30.0 Å². The Balaban J connectivity index is 2.08. The quantitative estimate of drug-likeness (QED) is 0.606. The Hall–Kier alpha value is -3.01. The van der Waals surface area contributed by atoms with Crippen LogP contribution in [0.1, 0.15) is 35.5 Å². The minimum Gasteiger partial charge on any atom is -0.384 e. The molecule has 9 nitrogen and oxygen atoms in total. The van der Waals surface area contributed by atoms with Gasteiger partial charge in [0.15, 0.2) is 5.78 Å². The van der Waals surface area contributed by atoms with E-state index < -0.39 is 17.0 Å². The fourth-order valence-electron chi connectivity index (χ4n) is 3.02. The van der Waals surface area contributed by atoms with Gasteiger partial charge in [-0.25, -0.2) is 9.78 Å². The second-order valence-electron chi connectivity index (χ2n) is 6.44. The molecule has 28 heavy (non-hydrogen) atoms. The van der Waals surface area contributed by atoms with Crippen LogP contribution in [0.15, 0.2) is 26.8 Å². The summed E-state index contributed by atoms with van der Waals surface area (Å²) in [7, 11) is 1.30. The van der Waals surface area contributed by atoms with Gasteiger partial charge in [0, 0.05) is 18.5 Å². The Kier molecular flexibility index (Phi) is 5.32. The van der Waals surface area contributed by atoms with Gasteiger partial charge >= 0.3 is 5.69 Å². The van der Waals surface area contributed by atoms with Crippen LogP contribution < -0.4 is 22.5 Å². The molecule has 2 N–H and O–H groups in total. The number of fused-ring (bicyclic) bond motifs is 1. The van der Waals surface area contributed by atoms with E-state index in [0.29, 0.717) is 16.6 Å². The smallest absolute Gasteiger partial charge is 0.332 e. The van der Waals surface area contributed by atoms with Gasteiger partial charge < -0.3 is 5.73 Å². The number of nitrogens with two attached hydrogens (primary N) is 1. The lowest BCUT2D eigenvalue weighted by molar-refractivity contribution is 0.0968. The number of nitrogens with zero attached hydrogens (tertiary/aromatic N) is 4. The maximum atomic E-state index is 12.8. The molecule has 3 aromatic heterocycles. The Morgan fingerprint density at radius 3 is 2.57 bits per heavy atom. The van der Waals surface area contributed by atoms with E-state index in [0.717, 1.165) is 20.4 Å². The first-order valence-corrected chi connectivity index (χ1v) is 9.72. The van der Waals surface area contributed by atoms with Crippen LogP contribution in [0.2, 0.25) is 0 Å². The van der Waals surface area contributed by atoms with E-state index >= 15 is 0 Å². The van der Waals surface area contributed by atoms with E-state index in [4.69, 9.17) is 5.73 Å². The second kappa shape index (κ2) is 7.55. The Morgan fingerprint density at radius 1 is 1.21 bits per heavy atom. The summed E-state index contributed by atoms with van der Waals surface area (Å²) in [6.07, 6.45) is 2.68. The zero-order chi connectivity index (χ0) is 20.6. The van der Waals surface area contributed by atoms with Crippen LogP contribution in [0.5, 0.6) is 0 Å². The highest BCUT2D eigenvalue weighted by Crippen LogP contribution is 2.21. The van der Waals surface area contributed by atoms with Gasteiger partial charge in [0.25, 0.3) is 11.1 Å². The van der Waals surface area contributed by atoms with E-state index in [9.17, 15) is 19.2 Å². The largest absolute Gasteiger partial charge is 0.384 e. The summed E-state index contributed by atoms with van der Waals surface area (Å²) >= 11 is 1.43.